The maximum absolute atomic E-state index is 12.1. The second kappa shape index (κ2) is 5.54. The van der Waals surface area contributed by atoms with Crippen molar-refractivity contribution in [1.29, 1.82) is 0 Å². The van der Waals surface area contributed by atoms with Crippen LogP contribution in [0.5, 0.6) is 0 Å². The van der Waals surface area contributed by atoms with Crippen molar-refractivity contribution in [3.05, 3.63) is 38.9 Å². The predicted molar refractivity (Wildman–Crippen MR) is 71.4 cm³/mol. The minimum Gasteiger partial charge on any atom is -0.389 e. The Kier molecular flexibility index (Phi) is 4.49. The lowest BCUT2D eigenvalue weighted by Crippen LogP contribution is -2.39. The van der Waals surface area contributed by atoms with E-state index in [1.54, 1.807) is 13.8 Å². The van der Waals surface area contributed by atoms with Crippen molar-refractivity contribution in [1.82, 2.24) is 4.90 Å². The molecule has 19 heavy (non-hydrogen) atoms. The molecular formula is C12H15ClN2O4. The van der Waals surface area contributed by atoms with E-state index in [1.807, 2.05) is 0 Å². The van der Waals surface area contributed by atoms with Crippen molar-refractivity contribution in [2.75, 3.05) is 13.6 Å². The van der Waals surface area contributed by atoms with E-state index >= 15 is 0 Å². The van der Waals surface area contributed by atoms with Crippen molar-refractivity contribution in [3.8, 4) is 0 Å². The Bertz CT molecular complexity index is 511. The van der Waals surface area contributed by atoms with Gasteiger partial charge in [0.1, 0.15) is 5.02 Å². The van der Waals surface area contributed by atoms with Crippen LogP contribution in [-0.2, 0) is 0 Å². The minimum absolute atomic E-state index is 0.0216. The summed E-state index contributed by atoms with van der Waals surface area (Å²) in [6.45, 7) is 3.25. The molecule has 0 saturated heterocycles. The van der Waals surface area contributed by atoms with Crippen molar-refractivity contribution in [2.45, 2.75) is 19.4 Å². The third kappa shape index (κ3) is 4.18. The van der Waals surface area contributed by atoms with Gasteiger partial charge in [-0.05, 0) is 26.0 Å². The number of aliphatic hydroxyl groups is 1. The Morgan fingerprint density at radius 1 is 1.53 bits per heavy atom. The first kappa shape index (κ1) is 15.4. The number of nitro groups is 1. The van der Waals surface area contributed by atoms with Crippen molar-refractivity contribution < 1.29 is 14.8 Å². The van der Waals surface area contributed by atoms with E-state index in [1.165, 1.54) is 24.1 Å². The summed E-state index contributed by atoms with van der Waals surface area (Å²) in [5.41, 5.74) is -1.20. The number of likely N-dealkylation sites (N-methyl/N-ethyl adjacent to an activating group) is 1. The first-order valence-electron chi connectivity index (χ1n) is 5.53. The highest BCUT2D eigenvalue weighted by Crippen LogP contribution is 2.25. The fraction of sp³-hybridized carbons (Fsp3) is 0.417. The summed E-state index contributed by atoms with van der Waals surface area (Å²) in [5, 5.41) is 20.4. The second-order valence-corrected chi connectivity index (χ2v) is 5.30. The zero-order valence-electron chi connectivity index (χ0n) is 10.9. The van der Waals surface area contributed by atoms with E-state index in [0.29, 0.717) is 0 Å². The third-order valence-electron chi connectivity index (χ3n) is 2.36. The lowest BCUT2D eigenvalue weighted by Gasteiger charge is -2.25. The topological polar surface area (TPSA) is 83.7 Å². The number of benzene rings is 1. The monoisotopic (exact) mass is 286 g/mol. The molecule has 1 aromatic carbocycles. The second-order valence-electron chi connectivity index (χ2n) is 4.90. The molecule has 104 valence electrons. The SMILES string of the molecule is CN(CC(C)(C)O)C(=O)c1ccc(Cl)c([N+](=O)[O-])c1. The van der Waals surface area contributed by atoms with Crippen LogP contribution in [0.3, 0.4) is 0 Å². The highest BCUT2D eigenvalue weighted by molar-refractivity contribution is 6.32. The lowest BCUT2D eigenvalue weighted by molar-refractivity contribution is -0.384. The molecule has 7 heteroatoms. The number of rotatable bonds is 4. The molecule has 0 atom stereocenters. The van der Waals surface area contributed by atoms with Crippen LogP contribution in [0.1, 0.15) is 24.2 Å². The van der Waals surface area contributed by atoms with Gasteiger partial charge in [-0.2, -0.15) is 0 Å². The summed E-state index contributed by atoms with van der Waals surface area (Å²) in [6, 6.07) is 3.86. The summed E-state index contributed by atoms with van der Waals surface area (Å²) in [6.07, 6.45) is 0. The standard InChI is InChI=1S/C12H15ClN2O4/c1-12(2,17)7-14(3)11(16)8-4-5-9(13)10(6-8)15(18)19/h4-6,17H,7H2,1-3H3. The highest BCUT2D eigenvalue weighted by atomic mass is 35.5. The van der Waals surface area contributed by atoms with Crippen LogP contribution in [0, 0.1) is 10.1 Å². The summed E-state index contributed by atoms with van der Waals surface area (Å²) in [5.74, 6) is -0.415. The van der Waals surface area contributed by atoms with Crippen LogP contribution in [0.2, 0.25) is 5.02 Å². The fourth-order valence-corrected chi connectivity index (χ4v) is 1.84. The molecule has 0 aromatic heterocycles. The van der Waals surface area contributed by atoms with Crippen LogP contribution in [0.15, 0.2) is 18.2 Å². The third-order valence-corrected chi connectivity index (χ3v) is 2.68. The van der Waals surface area contributed by atoms with Gasteiger partial charge in [0.05, 0.1) is 10.5 Å². The Hall–Kier alpha value is -1.66. The number of carbonyl (C=O) groups is 1. The van der Waals surface area contributed by atoms with Crippen molar-refractivity contribution >= 4 is 23.2 Å². The molecule has 0 bridgehead atoms. The maximum Gasteiger partial charge on any atom is 0.288 e. The highest BCUT2D eigenvalue weighted by Gasteiger charge is 2.22. The van der Waals surface area contributed by atoms with Crippen LogP contribution in [-0.4, -0.2) is 40.0 Å². The average molecular weight is 287 g/mol. The molecule has 0 radical (unpaired) electrons. The number of hydrogen-bond acceptors (Lipinski definition) is 4. The van der Waals surface area contributed by atoms with Crippen LogP contribution in [0.4, 0.5) is 5.69 Å². The summed E-state index contributed by atoms with van der Waals surface area (Å²) in [4.78, 5) is 23.5. The van der Waals surface area contributed by atoms with Crippen LogP contribution < -0.4 is 0 Å². The van der Waals surface area contributed by atoms with Crippen LogP contribution in [0.25, 0.3) is 0 Å². The Balaban J connectivity index is 3.01. The normalized spacial score (nSPS) is 11.2. The first-order chi connectivity index (χ1) is 8.61. The fourth-order valence-electron chi connectivity index (χ4n) is 1.66. The lowest BCUT2D eigenvalue weighted by atomic mass is 10.1. The van der Waals surface area contributed by atoms with E-state index in [-0.39, 0.29) is 22.8 Å². The van der Waals surface area contributed by atoms with E-state index in [0.717, 1.165) is 6.07 Å². The largest absolute Gasteiger partial charge is 0.389 e. The molecule has 0 aliphatic rings. The number of hydrogen-bond donors (Lipinski definition) is 1. The molecule has 0 fully saturated rings. The zero-order valence-corrected chi connectivity index (χ0v) is 11.6. The van der Waals surface area contributed by atoms with Gasteiger partial charge >= 0.3 is 0 Å². The molecule has 1 aromatic rings. The van der Waals surface area contributed by atoms with Crippen LogP contribution >= 0.6 is 11.6 Å². The molecular weight excluding hydrogens is 272 g/mol. The quantitative estimate of drug-likeness (QED) is 0.678. The minimum atomic E-state index is -1.04. The Labute approximate surface area is 115 Å². The van der Waals surface area contributed by atoms with E-state index in [9.17, 15) is 20.0 Å². The molecule has 0 aliphatic heterocycles. The molecule has 0 spiro atoms. The zero-order chi connectivity index (χ0) is 14.8. The van der Waals surface area contributed by atoms with Crippen molar-refractivity contribution in [3.63, 3.8) is 0 Å². The Morgan fingerprint density at radius 3 is 2.58 bits per heavy atom. The summed E-state index contributed by atoms with van der Waals surface area (Å²) in [7, 11) is 1.51. The number of nitrogens with zero attached hydrogens (tertiary/aromatic N) is 2. The molecule has 1 N–H and O–H groups in total. The molecule has 1 amide bonds. The molecule has 0 heterocycles. The predicted octanol–water partition coefficient (Wildman–Crippen LogP) is 2.09. The molecule has 0 unspecified atom stereocenters. The smallest absolute Gasteiger partial charge is 0.288 e. The maximum atomic E-state index is 12.1. The van der Waals surface area contributed by atoms with Gasteiger partial charge in [0, 0.05) is 25.2 Å². The van der Waals surface area contributed by atoms with Gasteiger partial charge in [-0.1, -0.05) is 11.6 Å². The van der Waals surface area contributed by atoms with Gasteiger partial charge in [0.15, 0.2) is 0 Å². The molecule has 0 aliphatic carbocycles. The first-order valence-corrected chi connectivity index (χ1v) is 5.91. The number of halogens is 1. The van der Waals surface area contributed by atoms with Gasteiger partial charge < -0.3 is 10.0 Å². The molecule has 1 rings (SSSR count). The number of carbonyl (C=O) groups excluding carboxylic acids is 1. The van der Waals surface area contributed by atoms with E-state index in [4.69, 9.17) is 11.6 Å². The molecule has 0 saturated carbocycles. The average Bonchev–Trinajstić information content (AvgIpc) is 2.26. The van der Waals surface area contributed by atoms with Gasteiger partial charge in [0.25, 0.3) is 11.6 Å². The molecule has 6 nitrogen and oxygen atoms in total. The van der Waals surface area contributed by atoms with Gasteiger partial charge in [-0.25, -0.2) is 0 Å². The van der Waals surface area contributed by atoms with Gasteiger partial charge in [-0.15, -0.1) is 0 Å². The number of amides is 1. The van der Waals surface area contributed by atoms with E-state index in [2.05, 4.69) is 0 Å². The summed E-state index contributed by atoms with van der Waals surface area (Å²) >= 11 is 5.68. The van der Waals surface area contributed by atoms with Crippen molar-refractivity contribution in [2.24, 2.45) is 0 Å². The summed E-state index contributed by atoms with van der Waals surface area (Å²) < 4.78 is 0. The van der Waals surface area contributed by atoms with Gasteiger partial charge in [-0.3, -0.25) is 14.9 Å². The Morgan fingerprint density at radius 2 is 2.11 bits per heavy atom. The van der Waals surface area contributed by atoms with Gasteiger partial charge in [0.2, 0.25) is 0 Å². The number of nitro benzene ring substituents is 1. The van der Waals surface area contributed by atoms with E-state index < -0.39 is 16.4 Å².